The van der Waals surface area contributed by atoms with Crippen molar-refractivity contribution in [3.8, 4) is 0 Å². The summed E-state index contributed by atoms with van der Waals surface area (Å²) in [5.41, 5.74) is 2.63. The zero-order valence-corrected chi connectivity index (χ0v) is 13.6. The zero-order chi connectivity index (χ0) is 16.1. The molecule has 1 fully saturated rings. The minimum Gasteiger partial charge on any atom is -0.389 e. The molecule has 2 atom stereocenters. The van der Waals surface area contributed by atoms with Gasteiger partial charge in [0.1, 0.15) is 0 Å². The highest BCUT2D eigenvalue weighted by Crippen LogP contribution is 2.27. The van der Waals surface area contributed by atoms with Crippen molar-refractivity contribution in [1.82, 2.24) is 4.90 Å². The third kappa shape index (κ3) is 3.99. The number of aliphatic hydroxyl groups excluding tert-OH is 1. The van der Waals surface area contributed by atoms with E-state index < -0.39 is 0 Å². The maximum absolute atomic E-state index is 10.2. The Morgan fingerprint density at radius 3 is 2.09 bits per heavy atom. The molecule has 1 saturated heterocycles. The molecule has 0 amide bonds. The van der Waals surface area contributed by atoms with Crippen LogP contribution in [-0.4, -0.2) is 48.5 Å². The summed E-state index contributed by atoms with van der Waals surface area (Å²) in [5, 5.41) is 10.2. The first-order valence-corrected chi connectivity index (χ1v) is 8.40. The number of aliphatic hydroxyl groups is 1. The summed E-state index contributed by atoms with van der Waals surface area (Å²) in [6.07, 6.45) is -0.450. The number of rotatable bonds is 6. The summed E-state index contributed by atoms with van der Waals surface area (Å²) in [6.45, 7) is 5.00. The van der Waals surface area contributed by atoms with E-state index in [1.165, 1.54) is 11.1 Å². The van der Waals surface area contributed by atoms with Gasteiger partial charge in [0.2, 0.25) is 0 Å². The molecule has 0 spiro atoms. The summed E-state index contributed by atoms with van der Waals surface area (Å²) in [7, 11) is 0. The molecule has 1 N–H and O–H groups in total. The van der Waals surface area contributed by atoms with Gasteiger partial charge in [-0.15, -0.1) is 0 Å². The Hall–Kier alpha value is -1.68. The van der Waals surface area contributed by atoms with Crippen LogP contribution in [0.1, 0.15) is 24.0 Å². The van der Waals surface area contributed by atoms with E-state index in [2.05, 4.69) is 65.6 Å². The predicted octanol–water partition coefficient (Wildman–Crippen LogP) is 2.90. The highest BCUT2D eigenvalue weighted by atomic mass is 16.5. The number of nitrogens with zero attached hydrogens (tertiary/aromatic N) is 1. The fraction of sp³-hybridized carbons (Fsp3) is 0.400. The Kier molecular flexibility index (Phi) is 5.44. The van der Waals surface area contributed by atoms with Crippen LogP contribution in [0.2, 0.25) is 0 Å². The van der Waals surface area contributed by atoms with Crippen molar-refractivity contribution >= 4 is 0 Å². The summed E-state index contributed by atoms with van der Waals surface area (Å²) >= 11 is 0. The van der Waals surface area contributed by atoms with Gasteiger partial charge in [0, 0.05) is 32.2 Å². The van der Waals surface area contributed by atoms with Crippen LogP contribution in [0.4, 0.5) is 0 Å². The Morgan fingerprint density at radius 2 is 1.57 bits per heavy atom. The van der Waals surface area contributed by atoms with Crippen molar-refractivity contribution in [3.63, 3.8) is 0 Å². The van der Waals surface area contributed by atoms with Gasteiger partial charge in [-0.25, -0.2) is 0 Å². The molecule has 1 heterocycles. The van der Waals surface area contributed by atoms with E-state index >= 15 is 0 Å². The number of ether oxygens (including phenoxy) is 1. The lowest BCUT2D eigenvalue weighted by Gasteiger charge is -2.24. The van der Waals surface area contributed by atoms with Crippen molar-refractivity contribution in [1.29, 1.82) is 0 Å². The molecule has 0 aliphatic carbocycles. The van der Waals surface area contributed by atoms with Gasteiger partial charge in [0.05, 0.1) is 12.2 Å². The van der Waals surface area contributed by atoms with Crippen LogP contribution < -0.4 is 0 Å². The second kappa shape index (κ2) is 7.73. The summed E-state index contributed by atoms with van der Waals surface area (Å²) in [6, 6.07) is 21.2. The molecule has 23 heavy (non-hydrogen) atoms. The minimum atomic E-state index is -0.387. The Balaban J connectivity index is 1.78. The Bertz CT molecular complexity index is 548. The predicted molar refractivity (Wildman–Crippen MR) is 92.6 cm³/mol. The summed E-state index contributed by atoms with van der Waals surface area (Å²) in [4.78, 5) is 2.32. The van der Waals surface area contributed by atoms with Gasteiger partial charge < -0.3 is 9.84 Å². The van der Waals surface area contributed by atoms with Crippen LogP contribution in [0.25, 0.3) is 0 Å². The van der Waals surface area contributed by atoms with Crippen molar-refractivity contribution in [3.05, 3.63) is 71.8 Å². The lowest BCUT2D eigenvalue weighted by Crippen LogP contribution is -2.28. The van der Waals surface area contributed by atoms with Gasteiger partial charge in [-0.3, -0.25) is 4.90 Å². The van der Waals surface area contributed by atoms with Crippen LogP contribution in [-0.2, 0) is 4.74 Å². The zero-order valence-electron chi connectivity index (χ0n) is 13.6. The number of β-amino-alcohol motifs (C(OH)–C–C–N with tert-alkyl or cyclic N) is 1. The van der Waals surface area contributed by atoms with Crippen LogP contribution >= 0.6 is 0 Å². The first-order valence-electron chi connectivity index (χ1n) is 8.40. The summed E-state index contributed by atoms with van der Waals surface area (Å²) < 4.78 is 5.65. The molecule has 3 heteroatoms. The Morgan fingerprint density at radius 1 is 1.00 bits per heavy atom. The quantitative estimate of drug-likeness (QED) is 0.890. The fourth-order valence-corrected chi connectivity index (χ4v) is 3.39. The largest absolute Gasteiger partial charge is 0.389 e. The van der Waals surface area contributed by atoms with Crippen molar-refractivity contribution < 1.29 is 9.84 Å². The van der Waals surface area contributed by atoms with E-state index in [0.29, 0.717) is 19.1 Å². The SMILES string of the molecule is CCO[C@H]1CN(CC(c2ccccc2)c2ccccc2)C[C@@H]1O. The maximum atomic E-state index is 10.2. The highest BCUT2D eigenvalue weighted by molar-refractivity contribution is 5.32. The molecule has 1 aliphatic heterocycles. The second-order valence-corrected chi connectivity index (χ2v) is 6.15. The number of benzene rings is 2. The van der Waals surface area contributed by atoms with Crippen LogP contribution in [0.5, 0.6) is 0 Å². The molecule has 122 valence electrons. The number of likely N-dealkylation sites (tertiary alicyclic amines) is 1. The van der Waals surface area contributed by atoms with E-state index in [1.807, 2.05) is 6.92 Å². The molecule has 0 unspecified atom stereocenters. The van der Waals surface area contributed by atoms with Gasteiger partial charge in [-0.05, 0) is 18.1 Å². The smallest absolute Gasteiger partial charge is 0.0972 e. The molecule has 0 bridgehead atoms. The monoisotopic (exact) mass is 311 g/mol. The van der Waals surface area contributed by atoms with Crippen LogP contribution in [0.3, 0.4) is 0 Å². The topological polar surface area (TPSA) is 32.7 Å². The molecule has 3 rings (SSSR count). The molecule has 0 radical (unpaired) electrons. The van der Waals surface area contributed by atoms with E-state index in [4.69, 9.17) is 4.74 Å². The maximum Gasteiger partial charge on any atom is 0.0972 e. The van der Waals surface area contributed by atoms with E-state index in [0.717, 1.165) is 13.1 Å². The number of hydrogen-bond donors (Lipinski definition) is 1. The van der Waals surface area contributed by atoms with E-state index in [1.54, 1.807) is 0 Å². The third-order valence-electron chi connectivity index (χ3n) is 4.54. The van der Waals surface area contributed by atoms with Crippen molar-refractivity contribution in [2.75, 3.05) is 26.2 Å². The van der Waals surface area contributed by atoms with Crippen molar-refractivity contribution in [2.24, 2.45) is 0 Å². The molecular weight excluding hydrogens is 286 g/mol. The van der Waals surface area contributed by atoms with Gasteiger partial charge in [-0.1, -0.05) is 60.7 Å². The first kappa shape index (κ1) is 16.2. The van der Waals surface area contributed by atoms with E-state index in [-0.39, 0.29) is 12.2 Å². The number of hydrogen-bond acceptors (Lipinski definition) is 3. The molecule has 2 aromatic rings. The second-order valence-electron chi connectivity index (χ2n) is 6.15. The highest BCUT2D eigenvalue weighted by Gasteiger charge is 2.33. The standard InChI is InChI=1S/C20H25NO2/c1-2-23-20-15-21(14-19(20)22)13-18(16-9-5-3-6-10-16)17-11-7-4-8-12-17/h3-12,18-20,22H,2,13-15H2,1H3/t19-,20-/m0/s1. The molecule has 1 aliphatic rings. The lowest BCUT2D eigenvalue weighted by atomic mass is 9.91. The molecule has 0 aromatic heterocycles. The molecule has 2 aromatic carbocycles. The van der Waals surface area contributed by atoms with Gasteiger partial charge in [0.25, 0.3) is 0 Å². The molecule has 0 saturated carbocycles. The summed E-state index contributed by atoms with van der Waals surface area (Å²) in [5.74, 6) is 0.310. The fourth-order valence-electron chi connectivity index (χ4n) is 3.39. The lowest BCUT2D eigenvalue weighted by molar-refractivity contribution is -0.00242. The van der Waals surface area contributed by atoms with Gasteiger partial charge in [-0.2, -0.15) is 0 Å². The molecular formula is C20H25NO2. The van der Waals surface area contributed by atoms with Crippen LogP contribution in [0, 0.1) is 0 Å². The average molecular weight is 311 g/mol. The average Bonchev–Trinajstić information content (AvgIpc) is 2.94. The van der Waals surface area contributed by atoms with Gasteiger partial charge in [0.15, 0.2) is 0 Å². The van der Waals surface area contributed by atoms with Crippen molar-refractivity contribution in [2.45, 2.75) is 25.0 Å². The van der Waals surface area contributed by atoms with E-state index in [9.17, 15) is 5.11 Å². The molecule has 3 nitrogen and oxygen atoms in total. The van der Waals surface area contributed by atoms with Gasteiger partial charge >= 0.3 is 0 Å². The Labute approximate surface area is 138 Å². The minimum absolute atomic E-state index is 0.0628. The van der Waals surface area contributed by atoms with Crippen LogP contribution in [0.15, 0.2) is 60.7 Å². The third-order valence-corrected chi connectivity index (χ3v) is 4.54. The first-order chi connectivity index (χ1) is 11.3. The normalized spacial score (nSPS) is 21.9.